The van der Waals surface area contributed by atoms with Crippen molar-refractivity contribution in [3.63, 3.8) is 0 Å². The van der Waals surface area contributed by atoms with Gasteiger partial charge in [0.1, 0.15) is 5.82 Å². The Balaban J connectivity index is 2.80. The fourth-order valence-corrected chi connectivity index (χ4v) is 1.15. The van der Waals surface area contributed by atoms with Gasteiger partial charge in [-0.05, 0) is 19.1 Å². The van der Waals surface area contributed by atoms with Gasteiger partial charge in [-0.1, -0.05) is 0 Å². The third kappa shape index (κ3) is 3.60. The maximum Gasteiger partial charge on any atom is 0.356 e. The highest BCUT2D eigenvalue weighted by atomic mass is 16.5. The highest BCUT2D eigenvalue weighted by Gasteiger charge is 2.10. The van der Waals surface area contributed by atoms with Gasteiger partial charge >= 0.3 is 5.97 Å². The number of carbonyl (C=O) groups is 1. The highest BCUT2D eigenvalue weighted by molar-refractivity contribution is 5.88. The summed E-state index contributed by atoms with van der Waals surface area (Å²) in [7, 11) is 2.93. The van der Waals surface area contributed by atoms with Crippen LogP contribution in [0.4, 0.5) is 11.5 Å². The molecule has 0 aliphatic rings. The van der Waals surface area contributed by atoms with Crippen LogP contribution in [0.3, 0.4) is 0 Å². The summed E-state index contributed by atoms with van der Waals surface area (Å²) in [6.45, 7) is 2.46. The molecule has 1 aromatic rings. The smallest absolute Gasteiger partial charge is 0.356 e. The Hall–Kier alpha value is -1.82. The Morgan fingerprint density at radius 2 is 2.24 bits per heavy atom. The molecule has 0 aliphatic carbocycles. The van der Waals surface area contributed by atoms with Crippen molar-refractivity contribution < 1.29 is 14.3 Å². The molecule has 17 heavy (non-hydrogen) atoms. The van der Waals surface area contributed by atoms with Gasteiger partial charge < -0.3 is 20.5 Å². The van der Waals surface area contributed by atoms with Crippen LogP contribution in [0.1, 0.15) is 17.4 Å². The second-order valence-corrected chi connectivity index (χ2v) is 3.55. The largest absolute Gasteiger partial charge is 0.464 e. The van der Waals surface area contributed by atoms with Gasteiger partial charge in [-0.15, -0.1) is 0 Å². The molecule has 0 spiro atoms. The van der Waals surface area contributed by atoms with Gasteiger partial charge in [0.2, 0.25) is 0 Å². The number of hydrogen-bond acceptors (Lipinski definition) is 6. The molecule has 0 bridgehead atoms. The first-order chi connectivity index (χ1) is 8.08. The average Bonchev–Trinajstić information content (AvgIpc) is 2.36. The van der Waals surface area contributed by atoms with Crippen molar-refractivity contribution in [2.45, 2.75) is 13.0 Å². The van der Waals surface area contributed by atoms with Crippen molar-refractivity contribution >= 4 is 17.5 Å². The summed E-state index contributed by atoms with van der Waals surface area (Å²) in [4.78, 5) is 15.4. The second kappa shape index (κ2) is 6.05. The monoisotopic (exact) mass is 239 g/mol. The number of ether oxygens (including phenoxy) is 2. The predicted molar refractivity (Wildman–Crippen MR) is 64.9 cm³/mol. The minimum absolute atomic E-state index is 0.0259. The first-order valence-corrected chi connectivity index (χ1v) is 5.20. The SMILES string of the molecule is COC(=O)c1ccc(N)c(NCC(C)OC)n1. The molecule has 0 fully saturated rings. The minimum atomic E-state index is -0.493. The summed E-state index contributed by atoms with van der Waals surface area (Å²) in [6.07, 6.45) is 0.0259. The van der Waals surface area contributed by atoms with Crippen LogP contribution in [0.15, 0.2) is 12.1 Å². The molecule has 0 aliphatic heterocycles. The summed E-state index contributed by atoms with van der Waals surface area (Å²) < 4.78 is 9.67. The first-order valence-electron chi connectivity index (χ1n) is 5.20. The highest BCUT2D eigenvalue weighted by Crippen LogP contribution is 2.16. The van der Waals surface area contributed by atoms with Gasteiger partial charge in [-0.25, -0.2) is 9.78 Å². The average molecular weight is 239 g/mol. The molecule has 0 amide bonds. The zero-order valence-electron chi connectivity index (χ0n) is 10.2. The molecule has 6 heteroatoms. The Labute approximate surface area is 100 Å². The van der Waals surface area contributed by atoms with E-state index in [0.717, 1.165) is 0 Å². The zero-order chi connectivity index (χ0) is 12.8. The molecule has 1 aromatic heterocycles. The van der Waals surface area contributed by atoms with Gasteiger partial charge in [0.15, 0.2) is 5.69 Å². The number of methoxy groups -OCH3 is 2. The second-order valence-electron chi connectivity index (χ2n) is 3.55. The maximum atomic E-state index is 11.3. The number of nitrogen functional groups attached to an aromatic ring is 1. The van der Waals surface area contributed by atoms with Crippen molar-refractivity contribution in [1.29, 1.82) is 0 Å². The quantitative estimate of drug-likeness (QED) is 0.742. The van der Waals surface area contributed by atoms with Gasteiger partial charge in [0, 0.05) is 13.7 Å². The number of esters is 1. The van der Waals surface area contributed by atoms with Crippen molar-refractivity contribution in [1.82, 2.24) is 4.98 Å². The minimum Gasteiger partial charge on any atom is -0.464 e. The van der Waals surface area contributed by atoms with Crippen LogP contribution in [0.5, 0.6) is 0 Å². The van der Waals surface area contributed by atoms with Crippen molar-refractivity contribution in [3.05, 3.63) is 17.8 Å². The molecule has 6 nitrogen and oxygen atoms in total. The standard InChI is InChI=1S/C11H17N3O3/c1-7(16-2)6-13-10-8(12)4-5-9(14-10)11(15)17-3/h4-5,7H,6,12H2,1-3H3,(H,13,14). The molecule has 0 saturated carbocycles. The molecule has 0 aromatic carbocycles. The molecular formula is C11H17N3O3. The van der Waals surface area contributed by atoms with E-state index in [1.165, 1.54) is 13.2 Å². The van der Waals surface area contributed by atoms with Gasteiger partial charge in [0.05, 0.1) is 18.9 Å². The van der Waals surface area contributed by atoms with Crippen molar-refractivity contribution in [3.8, 4) is 0 Å². The predicted octanol–water partition coefficient (Wildman–Crippen LogP) is 0.897. The number of hydrogen-bond donors (Lipinski definition) is 2. The van der Waals surface area contributed by atoms with E-state index in [2.05, 4.69) is 15.0 Å². The number of aromatic nitrogens is 1. The van der Waals surface area contributed by atoms with E-state index in [4.69, 9.17) is 10.5 Å². The molecule has 1 rings (SSSR count). The number of anilines is 2. The van der Waals surface area contributed by atoms with E-state index in [0.29, 0.717) is 18.1 Å². The Morgan fingerprint density at radius 3 is 2.82 bits per heavy atom. The van der Waals surface area contributed by atoms with E-state index in [1.54, 1.807) is 13.2 Å². The van der Waals surface area contributed by atoms with E-state index in [-0.39, 0.29) is 11.8 Å². The molecule has 3 N–H and O–H groups in total. The number of nitrogens with two attached hydrogens (primary N) is 1. The van der Waals surface area contributed by atoms with Crippen LogP contribution in [-0.4, -0.2) is 37.8 Å². The van der Waals surface area contributed by atoms with E-state index in [1.807, 2.05) is 6.92 Å². The zero-order valence-corrected chi connectivity index (χ0v) is 10.2. The van der Waals surface area contributed by atoms with Crippen molar-refractivity contribution in [2.24, 2.45) is 0 Å². The van der Waals surface area contributed by atoms with Gasteiger partial charge in [-0.3, -0.25) is 0 Å². The molecule has 94 valence electrons. The molecule has 1 heterocycles. The number of rotatable bonds is 5. The normalized spacial score (nSPS) is 11.9. The van der Waals surface area contributed by atoms with Crippen LogP contribution >= 0.6 is 0 Å². The van der Waals surface area contributed by atoms with Crippen LogP contribution in [0, 0.1) is 0 Å². The lowest BCUT2D eigenvalue weighted by molar-refractivity contribution is 0.0594. The molecule has 1 atom stereocenters. The topological polar surface area (TPSA) is 86.5 Å². The molecule has 0 radical (unpaired) electrons. The third-order valence-corrected chi connectivity index (χ3v) is 2.28. The van der Waals surface area contributed by atoms with Crippen LogP contribution in [-0.2, 0) is 9.47 Å². The lowest BCUT2D eigenvalue weighted by Gasteiger charge is -2.13. The molecule has 1 unspecified atom stereocenters. The van der Waals surface area contributed by atoms with E-state index >= 15 is 0 Å². The lowest BCUT2D eigenvalue weighted by atomic mass is 10.3. The molecular weight excluding hydrogens is 222 g/mol. The summed E-state index contributed by atoms with van der Waals surface area (Å²) >= 11 is 0. The first kappa shape index (κ1) is 13.2. The summed E-state index contributed by atoms with van der Waals surface area (Å²) in [6, 6.07) is 3.13. The van der Waals surface area contributed by atoms with Gasteiger partial charge in [-0.2, -0.15) is 0 Å². The summed E-state index contributed by atoms with van der Waals surface area (Å²) in [5.41, 5.74) is 6.43. The Kier molecular flexibility index (Phi) is 4.71. The Bertz CT molecular complexity index is 396. The number of pyridine rings is 1. The number of nitrogens with zero attached hydrogens (tertiary/aromatic N) is 1. The Morgan fingerprint density at radius 1 is 1.53 bits per heavy atom. The lowest BCUT2D eigenvalue weighted by Crippen LogP contribution is -2.20. The number of nitrogens with one attached hydrogen (secondary N) is 1. The molecule has 0 saturated heterocycles. The van der Waals surface area contributed by atoms with Crippen LogP contribution < -0.4 is 11.1 Å². The summed E-state index contributed by atoms with van der Waals surface area (Å²) in [5, 5.41) is 3.01. The van der Waals surface area contributed by atoms with Gasteiger partial charge in [0.25, 0.3) is 0 Å². The summed E-state index contributed by atoms with van der Waals surface area (Å²) in [5.74, 6) is -0.0374. The maximum absolute atomic E-state index is 11.3. The van der Waals surface area contributed by atoms with Crippen molar-refractivity contribution in [2.75, 3.05) is 31.8 Å². The van der Waals surface area contributed by atoms with E-state index in [9.17, 15) is 4.79 Å². The van der Waals surface area contributed by atoms with E-state index < -0.39 is 5.97 Å². The van der Waals surface area contributed by atoms with Crippen LogP contribution in [0.25, 0.3) is 0 Å². The fraction of sp³-hybridized carbons (Fsp3) is 0.455. The fourth-order valence-electron chi connectivity index (χ4n) is 1.15. The number of carbonyl (C=O) groups excluding carboxylic acids is 1. The van der Waals surface area contributed by atoms with Crippen LogP contribution in [0.2, 0.25) is 0 Å². The third-order valence-electron chi connectivity index (χ3n) is 2.28.